The number of nitrogens with zero attached hydrogens (tertiary/aromatic N) is 1. The van der Waals surface area contributed by atoms with Gasteiger partial charge in [0.05, 0.1) is 6.67 Å². The van der Waals surface area contributed by atoms with Crippen LogP contribution >= 0.6 is 0 Å². The molecule has 1 saturated carbocycles. The van der Waals surface area contributed by atoms with Crippen molar-refractivity contribution < 1.29 is 10.2 Å². The Hall–Kier alpha value is -1.80. The van der Waals surface area contributed by atoms with Crippen molar-refractivity contribution in [2.75, 3.05) is 30.1 Å². The molecule has 1 aliphatic carbocycles. The largest absolute Gasteiger partial charge is 0.396 e. The molecule has 8 heteroatoms. The SMILES string of the molecule is O=c1[nH]c2c(c(=O)[nH]1)NCN2[C@@H]1C[C@H](CO)[C@H]1CO. The molecular weight excluding hydrogens is 252 g/mol. The fourth-order valence-corrected chi connectivity index (χ4v) is 3.00. The van der Waals surface area contributed by atoms with E-state index in [2.05, 4.69) is 15.3 Å². The predicted molar refractivity (Wildman–Crippen MR) is 68.2 cm³/mol. The van der Waals surface area contributed by atoms with Crippen LogP contribution in [0.5, 0.6) is 0 Å². The van der Waals surface area contributed by atoms with Crippen LogP contribution in [-0.4, -0.2) is 46.1 Å². The van der Waals surface area contributed by atoms with Crippen LogP contribution in [0, 0.1) is 11.8 Å². The molecule has 1 fully saturated rings. The second-order valence-corrected chi connectivity index (χ2v) is 5.03. The maximum Gasteiger partial charge on any atom is 0.327 e. The molecule has 19 heavy (non-hydrogen) atoms. The summed E-state index contributed by atoms with van der Waals surface area (Å²) in [6.07, 6.45) is 0.734. The van der Waals surface area contributed by atoms with Crippen molar-refractivity contribution in [3.8, 4) is 0 Å². The van der Waals surface area contributed by atoms with Gasteiger partial charge in [0, 0.05) is 25.2 Å². The van der Waals surface area contributed by atoms with Gasteiger partial charge in [0.15, 0.2) is 0 Å². The van der Waals surface area contributed by atoms with E-state index in [0.29, 0.717) is 18.2 Å². The smallest absolute Gasteiger partial charge is 0.327 e. The fourth-order valence-electron chi connectivity index (χ4n) is 3.00. The van der Waals surface area contributed by atoms with Gasteiger partial charge >= 0.3 is 5.69 Å². The van der Waals surface area contributed by atoms with Gasteiger partial charge in [-0.1, -0.05) is 0 Å². The Balaban J connectivity index is 1.91. The number of rotatable bonds is 3. The molecule has 1 aromatic heterocycles. The lowest BCUT2D eigenvalue weighted by molar-refractivity contribution is 0.0223. The van der Waals surface area contributed by atoms with E-state index in [1.807, 2.05) is 4.90 Å². The Kier molecular flexibility index (Phi) is 2.83. The molecule has 1 aromatic rings. The summed E-state index contributed by atoms with van der Waals surface area (Å²) in [5, 5.41) is 21.5. The first-order valence-corrected chi connectivity index (χ1v) is 6.24. The topological polar surface area (TPSA) is 121 Å². The van der Waals surface area contributed by atoms with E-state index in [0.717, 1.165) is 6.42 Å². The molecule has 0 unspecified atom stereocenters. The summed E-state index contributed by atoms with van der Waals surface area (Å²) in [5.41, 5.74) is -0.639. The highest BCUT2D eigenvalue weighted by Gasteiger charge is 2.45. The first-order chi connectivity index (χ1) is 9.15. The lowest BCUT2D eigenvalue weighted by Gasteiger charge is -2.47. The van der Waals surface area contributed by atoms with Gasteiger partial charge in [-0.25, -0.2) is 4.79 Å². The van der Waals surface area contributed by atoms with Gasteiger partial charge in [-0.05, 0) is 12.3 Å². The van der Waals surface area contributed by atoms with E-state index >= 15 is 0 Å². The standard InChI is InChI=1S/C11H16N4O4/c16-2-5-1-7(6(5)3-17)15-4-12-8-9(15)13-11(19)14-10(8)18/h5-7,12,16-17H,1-4H2,(H2,13,14,18,19)/t5-,6-,7-/m1/s1. The monoisotopic (exact) mass is 268 g/mol. The van der Waals surface area contributed by atoms with Crippen molar-refractivity contribution in [2.24, 2.45) is 11.8 Å². The Morgan fingerprint density at radius 1 is 1.21 bits per heavy atom. The van der Waals surface area contributed by atoms with Crippen LogP contribution in [0.3, 0.4) is 0 Å². The number of H-pyrrole nitrogens is 2. The van der Waals surface area contributed by atoms with Gasteiger partial charge in [0.1, 0.15) is 11.5 Å². The lowest BCUT2D eigenvalue weighted by atomic mass is 9.69. The van der Waals surface area contributed by atoms with Crippen LogP contribution < -0.4 is 21.5 Å². The number of aliphatic hydroxyl groups excluding tert-OH is 2. The molecule has 0 aromatic carbocycles. The molecule has 2 aliphatic rings. The van der Waals surface area contributed by atoms with Crippen molar-refractivity contribution in [1.82, 2.24) is 9.97 Å². The summed E-state index contributed by atoms with van der Waals surface area (Å²) < 4.78 is 0. The molecule has 3 rings (SSSR count). The summed E-state index contributed by atoms with van der Waals surface area (Å²) in [5.74, 6) is 0.502. The molecule has 0 radical (unpaired) electrons. The number of nitrogens with one attached hydrogen (secondary N) is 3. The highest BCUT2D eigenvalue weighted by Crippen LogP contribution is 2.41. The predicted octanol–water partition coefficient (Wildman–Crippen LogP) is -1.76. The van der Waals surface area contributed by atoms with Gasteiger partial charge in [-0.15, -0.1) is 0 Å². The van der Waals surface area contributed by atoms with Crippen molar-refractivity contribution in [3.05, 3.63) is 20.8 Å². The van der Waals surface area contributed by atoms with Crippen LogP contribution in [-0.2, 0) is 0 Å². The van der Waals surface area contributed by atoms with E-state index < -0.39 is 11.2 Å². The van der Waals surface area contributed by atoms with Gasteiger partial charge in [0.2, 0.25) is 0 Å². The Morgan fingerprint density at radius 2 is 2.00 bits per heavy atom. The van der Waals surface area contributed by atoms with Gasteiger partial charge in [-0.2, -0.15) is 0 Å². The highest BCUT2D eigenvalue weighted by molar-refractivity contribution is 5.70. The van der Waals surface area contributed by atoms with E-state index in [9.17, 15) is 19.8 Å². The molecule has 5 N–H and O–H groups in total. The summed E-state index contributed by atoms with van der Waals surface area (Å²) in [6.45, 7) is 0.439. The molecule has 3 atom stereocenters. The van der Waals surface area contributed by atoms with Crippen LogP contribution in [0.4, 0.5) is 11.5 Å². The van der Waals surface area contributed by atoms with E-state index in [1.165, 1.54) is 0 Å². The first kappa shape index (κ1) is 12.2. The number of hydrogen-bond donors (Lipinski definition) is 5. The molecule has 0 amide bonds. The quantitative estimate of drug-likeness (QED) is 0.443. The van der Waals surface area contributed by atoms with Crippen molar-refractivity contribution >= 4 is 11.5 Å². The normalized spacial score (nSPS) is 28.7. The van der Waals surface area contributed by atoms with Gasteiger partial charge in [-0.3, -0.25) is 14.8 Å². The van der Waals surface area contributed by atoms with Crippen molar-refractivity contribution in [1.29, 1.82) is 0 Å². The number of hydrogen-bond acceptors (Lipinski definition) is 6. The Morgan fingerprint density at radius 3 is 2.68 bits per heavy atom. The summed E-state index contributed by atoms with van der Waals surface area (Å²) in [7, 11) is 0. The van der Waals surface area contributed by atoms with Crippen LogP contribution in [0.2, 0.25) is 0 Å². The minimum Gasteiger partial charge on any atom is -0.396 e. The molecular formula is C11H16N4O4. The fraction of sp³-hybridized carbons (Fsp3) is 0.636. The Labute approximate surface area is 108 Å². The minimum absolute atomic E-state index is 0.0187. The zero-order valence-electron chi connectivity index (χ0n) is 10.2. The van der Waals surface area contributed by atoms with Crippen LogP contribution in [0.15, 0.2) is 9.59 Å². The third kappa shape index (κ3) is 1.75. The lowest BCUT2D eigenvalue weighted by Crippen LogP contribution is -2.55. The summed E-state index contributed by atoms with van der Waals surface area (Å²) in [6, 6.07) is 0.0216. The Bertz CT molecular complexity index is 595. The molecule has 0 spiro atoms. The maximum absolute atomic E-state index is 11.6. The minimum atomic E-state index is -0.545. The average Bonchev–Trinajstić information content (AvgIpc) is 2.73. The van der Waals surface area contributed by atoms with Crippen molar-refractivity contribution in [3.63, 3.8) is 0 Å². The summed E-state index contributed by atoms with van der Waals surface area (Å²) in [4.78, 5) is 29.6. The second kappa shape index (κ2) is 4.39. The number of fused-ring (bicyclic) bond motifs is 1. The maximum atomic E-state index is 11.6. The molecule has 1 aliphatic heterocycles. The van der Waals surface area contributed by atoms with E-state index in [4.69, 9.17) is 0 Å². The summed E-state index contributed by atoms with van der Waals surface area (Å²) >= 11 is 0. The number of aromatic nitrogens is 2. The third-order valence-corrected chi connectivity index (χ3v) is 4.13. The zero-order chi connectivity index (χ0) is 13.6. The second-order valence-electron chi connectivity index (χ2n) is 5.03. The number of aromatic amines is 2. The number of anilines is 2. The molecule has 2 heterocycles. The van der Waals surface area contributed by atoms with Crippen LogP contribution in [0.1, 0.15) is 6.42 Å². The van der Waals surface area contributed by atoms with Gasteiger partial charge < -0.3 is 20.4 Å². The first-order valence-electron chi connectivity index (χ1n) is 6.24. The highest BCUT2D eigenvalue weighted by atomic mass is 16.3. The number of aliphatic hydroxyl groups is 2. The van der Waals surface area contributed by atoms with Gasteiger partial charge in [0.25, 0.3) is 5.56 Å². The molecule has 104 valence electrons. The average molecular weight is 268 g/mol. The van der Waals surface area contributed by atoms with Crippen molar-refractivity contribution in [2.45, 2.75) is 12.5 Å². The van der Waals surface area contributed by atoms with E-state index in [1.54, 1.807) is 0 Å². The van der Waals surface area contributed by atoms with Crippen LogP contribution in [0.25, 0.3) is 0 Å². The van der Waals surface area contributed by atoms with E-state index in [-0.39, 0.29) is 31.1 Å². The molecule has 0 bridgehead atoms. The molecule has 0 saturated heterocycles. The third-order valence-electron chi connectivity index (χ3n) is 4.13. The zero-order valence-corrected chi connectivity index (χ0v) is 10.2. The molecule has 8 nitrogen and oxygen atoms in total.